The summed E-state index contributed by atoms with van der Waals surface area (Å²) in [6.07, 6.45) is 4.34. The summed E-state index contributed by atoms with van der Waals surface area (Å²) in [7, 11) is 1.73. The zero-order valence-electron chi connectivity index (χ0n) is 15.8. The Bertz CT molecular complexity index is 894. The molecule has 0 saturated carbocycles. The van der Waals surface area contributed by atoms with Gasteiger partial charge in [-0.05, 0) is 25.0 Å². The average molecular weight is 512 g/mol. The van der Waals surface area contributed by atoms with Gasteiger partial charge in [0, 0.05) is 25.4 Å². The first-order valence-corrected chi connectivity index (χ1v) is 9.08. The van der Waals surface area contributed by atoms with E-state index in [9.17, 15) is 0 Å². The van der Waals surface area contributed by atoms with Crippen molar-refractivity contribution in [1.82, 2.24) is 20.6 Å². The Kier molecular flexibility index (Phi) is 8.72. The molecule has 0 aliphatic rings. The zero-order valence-corrected chi connectivity index (χ0v) is 18.9. The minimum absolute atomic E-state index is 0. The highest BCUT2D eigenvalue weighted by molar-refractivity contribution is 14.0. The van der Waals surface area contributed by atoms with Crippen molar-refractivity contribution in [3.8, 4) is 11.3 Å². The first-order valence-electron chi connectivity index (χ1n) is 8.71. The Morgan fingerprint density at radius 1 is 1.07 bits per heavy atom. The van der Waals surface area contributed by atoms with Crippen molar-refractivity contribution in [2.75, 3.05) is 13.6 Å². The van der Waals surface area contributed by atoms with E-state index in [0.717, 1.165) is 29.9 Å². The maximum absolute atomic E-state index is 5.81. The number of nitrogens with one attached hydrogen (secondary N) is 2. The number of aryl methyl sites for hydroxylation is 1. The molecule has 0 unspecified atom stereocenters. The van der Waals surface area contributed by atoms with Gasteiger partial charge >= 0.3 is 0 Å². The number of hydrogen-bond donors (Lipinski definition) is 2. The number of nitrogens with zero attached hydrogens (tertiary/aromatic N) is 3. The molecule has 0 aliphatic heterocycles. The Morgan fingerprint density at radius 2 is 1.86 bits per heavy atom. The van der Waals surface area contributed by atoms with E-state index >= 15 is 0 Å². The molecule has 0 radical (unpaired) electrons. The minimum atomic E-state index is 0. The maximum Gasteiger partial charge on any atom is 0.214 e. The fourth-order valence-electron chi connectivity index (χ4n) is 2.50. The number of pyridine rings is 1. The van der Waals surface area contributed by atoms with Crippen LogP contribution < -0.4 is 10.6 Å². The highest BCUT2D eigenvalue weighted by atomic mass is 127. The topological polar surface area (TPSA) is 75.3 Å². The van der Waals surface area contributed by atoms with Crippen molar-refractivity contribution < 1.29 is 4.42 Å². The third-order valence-electron chi connectivity index (χ3n) is 4.02. The van der Waals surface area contributed by atoms with Crippen LogP contribution in [0.2, 0.25) is 5.15 Å². The summed E-state index contributed by atoms with van der Waals surface area (Å²) in [6.45, 7) is 3.23. The van der Waals surface area contributed by atoms with Crippen LogP contribution in [0.5, 0.6) is 0 Å². The van der Waals surface area contributed by atoms with Gasteiger partial charge in [-0.1, -0.05) is 47.5 Å². The molecule has 0 amide bonds. The van der Waals surface area contributed by atoms with E-state index in [1.165, 1.54) is 5.56 Å². The lowest BCUT2D eigenvalue weighted by Crippen LogP contribution is -2.37. The summed E-state index contributed by atoms with van der Waals surface area (Å²) in [5, 5.41) is 6.96. The summed E-state index contributed by atoms with van der Waals surface area (Å²) >= 11 is 5.80. The molecule has 6 nitrogen and oxygen atoms in total. The molecule has 3 aromatic rings. The van der Waals surface area contributed by atoms with Crippen LogP contribution >= 0.6 is 35.6 Å². The van der Waals surface area contributed by atoms with Gasteiger partial charge in [-0.3, -0.25) is 4.99 Å². The summed E-state index contributed by atoms with van der Waals surface area (Å²) in [5.74, 6) is 2.05. The van der Waals surface area contributed by atoms with Crippen molar-refractivity contribution >= 4 is 41.5 Å². The summed E-state index contributed by atoms with van der Waals surface area (Å²) in [4.78, 5) is 12.6. The van der Waals surface area contributed by atoms with Gasteiger partial charge in [0.05, 0.1) is 12.7 Å². The Hall–Kier alpha value is -2.13. The summed E-state index contributed by atoms with van der Waals surface area (Å²) in [6, 6.07) is 11.9. The van der Waals surface area contributed by atoms with Crippen molar-refractivity contribution in [2.45, 2.75) is 19.9 Å². The number of aromatic nitrogens is 2. The monoisotopic (exact) mass is 511 g/mol. The van der Waals surface area contributed by atoms with Gasteiger partial charge in [0.25, 0.3) is 0 Å². The fraction of sp³-hybridized carbons (Fsp3) is 0.250. The van der Waals surface area contributed by atoms with Crippen molar-refractivity contribution in [3.05, 3.63) is 71.0 Å². The first kappa shape index (κ1) is 22.2. The molecule has 2 aromatic heterocycles. The predicted molar refractivity (Wildman–Crippen MR) is 123 cm³/mol. The summed E-state index contributed by atoms with van der Waals surface area (Å²) in [5.41, 5.74) is 3.33. The third kappa shape index (κ3) is 6.49. The first-order chi connectivity index (χ1) is 13.1. The summed E-state index contributed by atoms with van der Waals surface area (Å²) < 4.78 is 5.81. The van der Waals surface area contributed by atoms with Crippen LogP contribution in [0.1, 0.15) is 17.0 Å². The molecule has 2 N–H and O–H groups in total. The molecule has 2 heterocycles. The second-order valence-corrected chi connectivity index (χ2v) is 6.46. The van der Waals surface area contributed by atoms with Gasteiger partial charge in [0.2, 0.25) is 5.89 Å². The molecule has 8 heteroatoms. The van der Waals surface area contributed by atoms with Crippen LogP contribution in [-0.2, 0) is 13.0 Å². The SMILES string of the molecule is CN=C(NCCc1ccc(Cl)nc1)NCc1ncc(-c2ccc(C)cc2)o1.I. The van der Waals surface area contributed by atoms with Gasteiger partial charge < -0.3 is 15.1 Å². The lowest BCUT2D eigenvalue weighted by Gasteiger charge is -2.10. The molecule has 28 heavy (non-hydrogen) atoms. The normalized spacial score (nSPS) is 11.0. The molecular weight excluding hydrogens is 489 g/mol. The number of rotatable bonds is 6. The third-order valence-corrected chi connectivity index (χ3v) is 4.24. The highest BCUT2D eigenvalue weighted by Crippen LogP contribution is 2.20. The van der Waals surface area contributed by atoms with E-state index in [-0.39, 0.29) is 24.0 Å². The molecule has 0 aliphatic carbocycles. The van der Waals surface area contributed by atoms with E-state index in [4.69, 9.17) is 16.0 Å². The van der Waals surface area contributed by atoms with E-state index in [1.54, 1.807) is 25.5 Å². The van der Waals surface area contributed by atoms with E-state index in [1.807, 2.05) is 18.2 Å². The smallest absolute Gasteiger partial charge is 0.214 e. The van der Waals surface area contributed by atoms with Crippen molar-refractivity contribution in [1.29, 1.82) is 0 Å². The number of guanidine groups is 1. The fourth-order valence-corrected chi connectivity index (χ4v) is 2.61. The van der Waals surface area contributed by atoms with Gasteiger partial charge in [-0.2, -0.15) is 0 Å². The molecule has 148 valence electrons. The van der Waals surface area contributed by atoms with Crippen LogP contribution in [0.15, 0.2) is 58.2 Å². The van der Waals surface area contributed by atoms with Gasteiger partial charge in [-0.15, -0.1) is 24.0 Å². The lowest BCUT2D eigenvalue weighted by atomic mass is 10.1. The number of hydrogen-bond acceptors (Lipinski definition) is 4. The standard InChI is InChI=1S/C20H22ClN5O.HI/c1-14-3-6-16(7-4-14)17-12-25-19(27-17)13-26-20(22-2)23-10-9-15-5-8-18(21)24-11-15;/h3-8,11-12H,9-10,13H2,1-2H3,(H2,22,23,26);1H. The number of halogens is 2. The van der Waals surface area contributed by atoms with Gasteiger partial charge in [-0.25, -0.2) is 9.97 Å². The van der Waals surface area contributed by atoms with Crippen molar-refractivity contribution in [2.24, 2.45) is 4.99 Å². The Morgan fingerprint density at radius 3 is 2.54 bits per heavy atom. The van der Waals surface area contributed by atoms with Gasteiger partial charge in [0.15, 0.2) is 11.7 Å². The second-order valence-electron chi connectivity index (χ2n) is 6.08. The highest BCUT2D eigenvalue weighted by Gasteiger charge is 2.07. The average Bonchev–Trinajstić information content (AvgIpc) is 3.15. The number of aliphatic imine (C=N–C) groups is 1. The molecule has 0 spiro atoms. The molecular formula is C20H23ClIN5O. The van der Waals surface area contributed by atoms with Crippen LogP contribution in [0, 0.1) is 6.92 Å². The Balaban J connectivity index is 0.00000280. The zero-order chi connectivity index (χ0) is 19.1. The largest absolute Gasteiger partial charge is 0.439 e. The molecule has 0 atom stereocenters. The van der Waals surface area contributed by atoms with E-state index < -0.39 is 0 Å². The number of benzene rings is 1. The predicted octanol–water partition coefficient (Wildman–Crippen LogP) is 4.22. The molecule has 3 rings (SSSR count). The minimum Gasteiger partial charge on any atom is -0.439 e. The van der Waals surface area contributed by atoms with E-state index in [0.29, 0.717) is 23.5 Å². The molecule has 0 bridgehead atoms. The van der Waals surface area contributed by atoms with Crippen LogP contribution in [0.25, 0.3) is 11.3 Å². The van der Waals surface area contributed by atoms with Crippen LogP contribution in [-0.4, -0.2) is 29.5 Å². The Labute approximate surface area is 186 Å². The molecule has 0 fully saturated rings. The van der Waals surface area contributed by atoms with Crippen molar-refractivity contribution in [3.63, 3.8) is 0 Å². The second kappa shape index (κ2) is 11.0. The van der Waals surface area contributed by atoms with Gasteiger partial charge in [0.1, 0.15) is 5.15 Å². The maximum atomic E-state index is 5.81. The molecule has 0 saturated heterocycles. The number of oxazole rings is 1. The lowest BCUT2D eigenvalue weighted by molar-refractivity contribution is 0.497. The van der Waals surface area contributed by atoms with Crippen LogP contribution in [0.4, 0.5) is 0 Å². The van der Waals surface area contributed by atoms with E-state index in [2.05, 4.69) is 44.7 Å². The quantitative estimate of drug-likeness (QED) is 0.224. The van der Waals surface area contributed by atoms with Crippen LogP contribution in [0.3, 0.4) is 0 Å². The molecule has 1 aromatic carbocycles.